The summed E-state index contributed by atoms with van der Waals surface area (Å²) in [5.41, 5.74) is -2.47. The lowest BCUT2D eigenvalue weighted by atomic mass is 9.97. The van der Waals surface area contributed by atoms with E-state index in [0.717, 1.165) is 12.1 Å². The zero-order valence-electron chi connectivity index (χ0n) is 9.84. The normalized spacial score (nSPS) is 10.9. The maximum absolute atomic E-state index is 13.0. The Morgan fingerprint density at radius 3 is 2.53 bits per heavy atom. The van der Waals surface area contributed by atoms with Crippen molar-refractivity contribution in [1.82, 2.24) is 0 Å². The van der Waals surface area contributed by atoms with E-state index in [1.165, 1.54) is 6.92 Å². The van der Waals surface area contributed by atoms with Crippen molar-refractivity contribution in [2.24, 2.45) is 0 Å². The SMILES string of the molecule is CCOC(=O)c1ccc(C#N)c(CCl)c1C(F)(F)F. The first kappa shape index (κ1) is 15.3. The molecule has 0 saturated carbocycles. The largest absolute Gasteiger partial charge is 0.462 e. The quantitative estimate of drug-likeness (QED) is 0.632. The molecule has 0 atom stereocenters. The van der Waals surface area contributed by atoms with E-state index in [4.69, 9.17) is 16.9 Å². The number of hydrogen-bond donors (Lipinski definition) is 0. The monoisotopic (exact) mass is 291 g/mol. The minimum atomic E-state index is -4.79. The van der Waals surface area contributed by atoms with Crippen LogP contribution in [0.1, 0.15) is 34.0 Å². The summed E-state index contributed by atoms with van der Waals surface area (Å²) in [7, 11) is 0. The molecule has 0 N–H and O–H groups in total. The number of rotatable bonds is 3. The second kappa shape index (κ2) is 5.93. The number of alkyl halides is 4. The standard InChI is InChI=1S/C12H9ClF3NO2/c1-2-19-11(18)8-4-3-7(6-17)9(5-13)10(8)12(14,15)16/h3-4H,2,5H2,1H3. The molecule has 3 nitrogen and oxygen atoms in total. The van der Waals surface area contributed by atoms with Gasteiger partial charge in [-0.15, -0.1) is 11.6 Å². The molecule has 7 heteroatoms. The van der Waals surface area contributed by atoms with E-state index >= 15 is 0 Å². The Labute approximate surface area is 112 Å². The predicted molar refractivity (Wildman–Crippen MR) is 61.7 cm³/mol. The van der Waals surface area contributed by atoms with Gasteiger partial charge in [0.1, 0.15) is 0 Å². The third-order valence-corrected chi connectivity index (χ3v) is 2.61. The summed E-state index contributed by atoms with van der Waals surface area (Å²) in [6.45, 7) is 1.43. The second-order valence-electron chi connectivity index (χ2n) is 3.48. The molecule has 0 fully saturated rings. The van der Waals surface area contributed by atoms with Crippen LogP contribution in [0, 0.1) is 11.3 Å². The number of ether oxygens (including phenoxy) is 1. The average molecular weight is 292 g/mol. The Kier molecular flexibility index (Phi) is 4.78. The molecule has 19 heavy (non-hydrogen) atoms. The number of carbonyl (C=O) groups excluding carboxylic acids is 1. The van der Waals surface area contributed by atoms with Gasteiger partial charge in [0.05, 0.1) is 29.4 Å². The molecule has 1 rings (SSSR count). The molecule has 0 saturated heterocycles. The lowest BCUT2D eigenvalue weighted by Gasteiger charge is -2.16. The molecule has 0 unspecified atom stereocenters. The lowest BCUT2D eigenvalue weighted by molar-refractivity contribution is -0.138. The summed E-state index contributed by atoms with van der Waals surface area (Å²) in [4.78, 5) is 11.5. The summed E-state index contributed by atoms with van der Waals surface area (Å²) in [6, 6.07) is 3.67. The van der Waals surface area contributed by atoms with Crippen molar-refractivity contribution in [3.05, 3.63) is 34.4 Å². The molecule has 0 heterocycles. The molecule has 0 spiro atoms. The molecule has 0 aliphatic heterocycles. The summed E-state index contributed by atoms with van der Waals surface area (Å²) >= 11 is 5.47. The van der Waals surface area contributed by atoms with Crippen LogP contribution < -0.4 is 0 Å². The van der Waals surface area contributed by atoms with Crippen LogP contribution in [0.2, 0.25) is 0 Å². The number of nitriles is 1. The molecular formula is C12H9ClF3NO2. The highest BCUT2D eigenvalue weighted by molar-refractivity contribution is 6.17. The fourth-order valence-electron chi connectivity index (χ4n) is 1.59. The summed E-state index contributed by atoms with van der Waals surface area (Å²) < 4.78 is 43.7. The molecule has 0 aliphatic rings. The van der Waals surface area contributed by atoms with Crippen LogP contribution in [0.3, 0.4) is 0 Å². The van der Waals surface area contributed by atoms with Crippen LogP contribution in [0.15, 0.2) is 12.1 Å². The van der Waals surface area contributed by atoms with Gasteiger partial charge < -0.3 is 4.74 Å². The van der Waals surface area contributed by atoms with E-state index in [0.29, 0.717) is 0 Å². The number of nitrogens with zero attached hydrogens (tertiary/aromatic N) is 1. The van der Waals surface area contributed by atoms with Gasteiger partial charge in [0.2, 0.25) is 0 Å². The van der Waals surface area contributed by atoms with Crippen molar-refractivity contribution in [3.63, 3.8) is 0 Å². The number of hydrogen-bond acceptors (Lipinski definition) is 3. The first-order valence-corrected chi connectivity index (χ1v) is 5.76. The van der Waals surface area contributed by atoms with Gasteiger partial charge >= 0.3 is 12.1 Å². The maximum Gasteiger partial charge on any atom is 0.417 e. The van der Waals surface area contributed by atoms with Crippen molar-refractivity contribution >= 4 is 17.6 Å². The molecule has 102 valence electrons. The van der Waals surface area contributed by atoms with Crippen LogP contribution in [-0.4, -0.2) is 12.6 Å². The topological polar surface area (TPSA) is 50.1 Å². The van der Waals surface area contributed by atoms with Crippen LogP contribution in [0.4, 0.5) is 13.2 Å². The summed E-state index contributed by atoms with van der Waals surface area (Å²) in [5, 5.41) is 8.78. The Morgan fingerprint density at radius 2 is 2.11 bits per heavy atom. The highest BCUT2D eigenvalue weighted by atomic mass is 35.5. The van der Waals surface area contributed by atoms with Gasteiger partial charge in [-0.1, -0.05) is 0 Å². The van der Waals surface area contributed by atoms with Gasteiger partial charge in [-0.05, 0) is 24.6 Å². The Bertz CT molecular complexity index is 535. The van der Waals surface area contributed by atoms with E-state index in [1.807, 2.05) is 0 Å². The van der Waals surface area contributed by atoms with E-state index in [1.54, 1.807) is 6.07 Å². The lowest BCUT2D eigenvalue weighted by Crippen LogP contribution is -2.18. The molecule has 1 aromatic carbocycles. The average Bonchev–Trinajstić information content (AvgIpc) is 2.35. The Hall–Kier alpha value is -1.74. The Morgan fingerprint density at radius 1 is 1.47 bits per heavy atom. The molecular weight excluding hydrogens is 283 g/mol. The van der Waals surface area contributed by atoms with E-state index in [2.05, 4.69) is 4.74 Å². The predicted octanol–water partition coefficient (Wildman–Crippen LogP) is 3.49. The van der Waals surface area contributed by atoms with Gasteiger partial charge in [-0.3, -0.25) is 0 Å². The van der Waals surface area contributed by atoms with Crippen molar-refractivity contribution in [3.8, 4) is 6.07 Å². The zero-order valence-corrected chi connectivity index (χ0v) is 10.6. The fourth-order valence-corrected chi connectivity index (χ4v) is 1.87. The van der Waals surface area contributed by atoms with Gasteiger partial charge in [0, 0.05) is 5.88 Å². The number of carbonyl (C=O) groups is 1. The maximum atomic E-state index is 13.0. The third-order valence-electron chi connectivity index (χ3n) is 2.35. The van der Waals surface area contributed by atoms with Gasteiger partial charge in [0.15, 0.2) is 0 Å². The zero-order chi connectivity index (χ0) is 14.6. The summed E-state index contributed by atoms with van der Waals surface area (Å²) in [5.74, 6) is -1.61. The number of halogens is 4. The van der Waals surface area contributed by atoms with Crippen molar-refractivity contribution in [2.75, 3.05) is 6.61 Å². The van der Waals surface area contributed by atoms with Crippen LogP contribution in [0.25, 0.3) is 0 Å². The smallest absolute Gasteiger partial charge is 0.417 e. The molecule has 0 aliphatic carbocycles. The van der Waals surface area contributed by atoms with E-state index < -0.39 is 34.7 Å². The first-order chi connectivity index (χ1) is 8.86. The van der Waals surface area contributed by atoms with Crippen molar-refractivity contribution in [2.45, 2.75) is 19.0 Å². The molecule has 0 radical (unpaired) electrons. The van der Waals surface area contributed by atoms with Crippen LogP contribution in [0.5, 0.6) is 0 Å². The van der Waals surface area contributed by atoms with E-state index in [9.17, 15) is 18.0 Å². The van der Waals surface area contributed by atoms with Crippen LogP contribution in [-0.2, 0) is 16.8 Å². The van der Waals surface area contributed by atoms with E-state index in [-0.39, 0.29) is 12.2 Å². The second-order valence-corrected chi connectivity index (χ2v) is 3.75. The fraction of sp³-hybridized carbons (Fsp3) is 0.333. The molecule has 0 bridgehead atoms. The third kappa shape index (κ3) is 3.18. The molecule has 0 amide bonds. The number of benzene rings is 1. The van der Waals surface area contributed by atoms with Crippen molar-refractivity contribution < 1.29 is 22.7 Å². The van der Waals surface area contributed by atoms with Crippen LogP contribution >= 0.6 is 11.6 Å². The highest BCUT2D eigenvalue weighted by Crippen LogP contribution is 2.37. The Balaban J connectivity index is 3.58. The molecule has 0 aromatic heterocycles. The van der Waals surface area contributed by atoms with Crippen molar-refractivity contribution in [1.29, 1.82) is 5.26 Å². The van der Waals surface area contributed by atoms with Gasteiger partial charge in [0.25, 0.3) is 0 Å². The van der Waals surface area contributed by atoms with Gasteiger partial charge in [-0.25, -0.2) is 4.79 Å². The summed E-state index contributed by atoms with van der Waals surface area (Å²) in [6.07, 6.45) is -4.79. The molecule has 1 aromatic rings. The van der Waals surface area contributed by atoms with Gasteiger partial charge in [-0.2, -0.15) is 18.4 Å². The first-order valence-electron chi connectivity index (χ1n) is 5.23. The number of esters is 1. The highest BCUT2D eigenvalue weighted by Gasteiger charge is 2.39. The minimum absolute atomic E-state index is 0.0493. The minimum Gasteiger partial charge on any atom is -0.462 e.